The minimum absolute atomic E-state index is 0.0280. The SMILES string of the molecule is N#Cc1cc(C2CC(=O)C(CO)O2)c([N+](=O)[O-])[nH]1. The Balaban J connectivity index is 2.34. The lowest BCUT2D eigenvalue weighted by atomic mass is 10.1. The van der Waals surface area contributed by atoms with Crippen LogP contribution in [-0.4, -0.2) is 33.5 Å². The highest BCUT2D eigenvalue weighted by atomic mass is 16.6. The number of H-pyrrole nitrogens is 1. The van der Waals surface area contributed by atoms with E-state index in [1.165, 1.54) is 6.07 Å². The van der Waals surface area contributed by atoms with Crippen LogP contribution < -0.4 is 0 Å². The van der Waals surface area contributed by atoms with Crippen LogP contribution in [-0.2, 0) is 9.53 Å². The third-order valence-corrected chi connectivity index (χ3v) is 2.72. The molecule has 0 radical (unpaired) electrons. The summed E-state index contributed by atoms with van der Waals surface area (Å²) < 4.78 is 5.22. The summed E-state index contributed by atoms with van der Waals surface area (Å²) in [6.07, 6.45) is -1.79. The van der Waals surface area contributed by atoms with Crippen molar-refractivity contribution < 1.29 is 19.6 Å². The molecule has 1 aliphatic heterocycles. The van der Waals surface area contributed by atoms with Gasteiger partial charge in [-0.05, 0) is 4.92 Å². The monoisotopic (exact) mass is 251 g/mol. The van der Waals surface area contributed by atoms with E-state index < -0.39 is 23.7 Å². The number of aliphatic hydroxyl groups is 1. The fraction of sp³-hybridized carbons (Fsp3) is 0.400. The van der Waals surface area contributed by atoms with Crippen molar-refractivity contribution in [1.82, 2.24) is 4.98 Å². The molecule has 8 nitrogen and oxygen atoms in total. The maximum absolute atomic E-state index is 11.4. The molecule has 0 saturated carbocycles. The number of Topliss-reactive ketones (excluding diaryl/α,β-unsaturated/α-hetero) is 1. The van der Waals surface area contributed by atoms with E-state index in [9.17, 15) is 14.9 Å². The number of hydrogen-bond donors (Lipinski definition) is 2. The Morgan fingerprint density at radius 3 is 2.94 bits per heavy atom. The van der Waals surface area contributed by atoms with Crippen LogP contribution in [0.1, 0.15) is 23.8 Å². The molecule has 1 fully saturated rings. The number of carbonyl (C=O) groups excluding carboxylic acids is 1. The minimum Gasteiger partial charge on any atom is -0.393 e. The predicted molar refractivity (Wildman–Crippen MR) is 56.5 cm³/mol. The maximum Gasteiger partial charge on any atom is 0.327 e. The quantitative estimate of drug-likeness (QED) is 0.582. The highest BCUT2D eigenvalue weighted by Gasteiger charge is 2.38. The number of aromatic nitrogens is 1. The van der Waals surface area contributed by atoms with E-state index in [0.717, 1.165) is 0 Å². The van der Waals surface area contributed by atoms with Crippen molar-refractivity contribution in [2.75, 3.05) is 6.61 Å². The number of hydrogen-bond acceptors (Lipinski definition) is 6. The zero-order valence-electron chi connectivity index (χ0n) is 9.12. The third-order valence-electron chi connectivity index (χ3n) is 2.72. The van der Waals surface area contributed by atoms with Crippen molar-refractivity contribution in [3.63, 3.8) is 0 Å². The van der Waals surface area contributed by atoms with Crippen LogP contribution in [0.15, 0.2) is 6.07 Å². The average Bonchev–Trinajstić information content (AvgIpc) is 2.91. The molecule has 2 atom stereocenters. The molecule has 0 amide bonds. The molecule has 1 aromatic rings. The number of nitro groups is 1. The molecule has 2 unspecified atom stereocenters. The molecule has 2 heterocycles. The van der Waals surface area contributed by atoms with Crippen molar-refractivity contribution in [2.24, 2.45) is 0 Å². The van der Waals surface area contributed by atoms with E-state index in [1.54, 1.807) is 6.07 Å². The number of ether oxygens (including phenoxy) is 1. The van der Waals surface area contributed by atoms with E-state index in [-0.39, 0.29) is 29.3 Å². The van der Waals surface area contributed by atoms with Crippen molar-refractivity contribution in [3.05, 3.63) is 27.4 Å². The molecule has 0 aliphatic carbocycles. The van der Waals surface area contributed by atoms with E-state index in [1.807, 2.05) is 0 Å². The molecule has 8 heteroatoms. The number of carbonyl (C=O) groups is 1. The second-order valence-electron chi connectivity index (χ2n) is 3.82. The lowest BCUT2D eigenvalue weighted by Crippen LogP contribution is -2.19. The largest absolute Gasteiger partial charge is 0.393 e. The van der Waals surface area contributed by atoms with Crippen LogP contribution in [0.4, 0.5) is 5.82 Å². The van der Waals surface area contributed by atoms with Crippen LogP contribution in [0.25, 0.3) is 0 Å². The summed E-state index contributed by atoms with van der Waals surface area (Å²) >= 11 is 0. The zero-order chi connectivity index (χ0) is 13.3. The molecule has 0 bridgehead atoms. The smallest absolute Gasteiger partial charge is 0.327 e. The number of rotatable bonds is 3. The van der Waals surface area contributed by atoms with Gasteiger partial charge in [0.05, 0.1) is 18.3 Å². The summed E-state index contributed by atoms with van der Waals surface area (Å²) in [6.45, 7) is -0.460. The fourth-order valence-corrected chi connectivity index (χ4v) is 1.88. The van der Waals surface area contributed by atoms with Crippen LogP contribution in [0.5, 0.6) is 0 Å². The van der Waals surface area contributed by atoms with Gasteiger partial charge in [-0.25, -0.2) is 4.98 Å². The summed E-state index contributed by atoms with van der Waals surface area (Å²) in [4.78, 5) is 23.9. The van der Waals surface area contributed by atoms with Gasteiger partial charge in [0.25, 0.3) is 0 Å². The van der Waals surface area contributed by atoms with E-state index in [4.69, 9.17) is 15.1 Å². The highest BCUT2D eigenvalue weighted by Crippen LogP contribution is 2.35. The molecule has 2 rings (SSSR count). The number of ketones is 1. The Labute approximate surface area is 101 Å². The molecular formula is C10H9N3O5. The first-order valence-electron chi connectivity index (χ1n) is 5.13. The van der Waals surface area contributed by atoms with Gasteiger partial charge in [0.2, 0.25) is 5.69 Å². The van der Waals surface area contributed by atoms with Crippen LogP contribution in [0, 0.1) is 21.4 Å². The highest BCUT2D eigenvalue weighted by molar-refractivity contribution is 5.85. The lowest BCUT2D eigenvalue weighted by molar-refractivity contribution is -0.390. The molecule has 18 heavy (non-hydrogen) atoms. The molecule has 94 valence electrons. The predicted octanol–water partition coefficient (Wildman–Crippen LogP) is 0.186. The van der Waals surface area contributed by atoms with E-state index in [2.05, 4.69) is 4.98 Å². The van der Waals surface area contributed by atoms with E-state index in [0.29, 0.717) is 0 Å². The average molecular weight is 251 g/mol. The zero-order valence-corrected chi connectivity index (χ0v) is 9.12. The summed E-state index contributed by atoms with van der Waals surface area (Å²) in [5.74, 6) is -0.667. The van der Waals surface area contributed by atoms with E-state index >= 15 is 0 Å². The Morgan fingerprint density at radius 2 is 2.44 bits per heavy atom. The van der Waals surface area contributed by atoms with Gasteiger partial charge in [-0.1, -0.05) is 0 Å². The Kier molecular flexibility index (Phi) is 3.10. The van der Waals surface area contributed by atoms with Gasteiger partial charge < -0.3 is 20.0 Å². The molecule has 0 aromatic carbocycles. The summed E-state index contributed by atoms with van der Waals surface area (Å²) in [6, 6.07) is 3.04. The van der Waals surface area contributed by atoms with Gasteiger partial charge in [-0.3, -0.25) is 4.79 Å². The molecule has 1 aliphatic rings. The maximum atomic E-state index is 11.4. The van der Waals surface area contributed by atoms with Crippen LogP contribution >= 0.6 is 0 Å². The lowest BCUT2D eigenvalue weighted by Gasteiger charge is -2.08. The fourth-order valence-electron chi connectivity index (χ4n) is 1.88. The second-order valence-corrected chi connectivity index (χ2v) is 3.82. The molecular weight excluding hydrogens is 242 g/mol. The Bertz CT molecular complexity index is 544. The minimum atomic E-state index is -0.949. The van der Waals surface area contributed by atoms with Gasteiger partial charge in [0.1, 0.15) is 12.2 Å². The number of aromatic amines is 1. The molecule has 1 aromatic heterocycles. The van der Waals surface area contributed by atoms with Crippen molar-refractivity contribution in [3.8, 4) is 6.07 Å². The topological polar surface area (TPSA) is 129 Å². The summed E-state index contributed by atoms with van der Waals surface area (Å²) in [7, 11) is 0. The number of nitrogens with one attached hydrogen (secondary N) is 1. The second kappa shape index (κ2) is 4.56. The van der Waals surface area contributed by atoms with Gasteiger partial charge in [0.15, 0.2) is 5.78 Å². The van der Waals surface area contributed by atoms with Gasteiger partial charge in [0, 0.05) is 12.5 Å². The molecule has 0 spiro atoms. The summed E-state index contributed by atoms with van der Waals surface area (Å²) in [5.41, 5.74) is 0.182. The van der Waals surface area contributed by atoms with Gasteiger partial charge in [-0.15, -0.1) is 0 Å². The standard InChI is InChI=1S/C10H9N3O5/c11-3-5-1-6(10(12-5)13(16)17)8-2-7(15)9(4-14)18-8/h1,8-9,12,14H,2,4H2. The summed E-state index contributed by atoms with van der Waals surface area (Å²) in [5, 5.41) is 28.4. The van der Waals surface area contributed by atoms with Crippen molar-refractivity contribution in [1.29, 1.82) is 5.26 Å². The Hall–Kier alpha value is -2.24. The van der Waals surface area contributed by atoms with Gasteiger partial charge >= 0.3 is 5.82 Å². The van der Waals surface area contributed by atoms with Crippen molar-refractivity contribution in [2.45, 2.75) is 18.6 Å². The Morgan fingerprint density at radius 1 is 1.72 bits per heavy atom. The van der Waals surface area contributed by atoms with Gasteiger partial charge in [-0.2, -0.15) is 5.26 Å². The molecule has 1 saturated heterocycles. The third kappa shape index (κ3) is 1.97. The molecule has 2 N–H and O–H groups in total. The number of nitriles is 1. The van der Waals surface area contributed by atoms with Crippen LogP contribution in [0.3, 0.4) is 0 Å². The first kappa shape index (κ1) is 12.2. The first-order valence-corrected chi connectivity index (χ1v) is 5.13. The normalized spacial score (nSPS) is 23.0. The van der Waals surface area contributed by atoms with Crippen LogP contribution in [0.2, 0.25) is 0 Å². The van der Waals surface area contributed by atoms with Crippen molar-refractivity contribution >= 4 is 11.6 Å². The first-order chi connectivity index (χ1) is 8.56. The number of aliphatic hydroxyl groups excluding tert-OH is 1. The number of nitrogens with zero attached hydrogens (tertiary/aromatic N) is 2.